The fourth-order valence-electron chi connectivity index (χ4n) is 2.72. The van der Waals surface area contributed by atoms with Gasteiger partial charge in [-0.05, 0) is 50.8 Å². The van der Waals surface area contributed by atoms with Crippen LogP contribution in [0, 0.1) is 12.8 Å². The number of benzene rings is 1. The highest BCUT2D eigenvalue weighted by molar-refractivity contribution is 5.95. The number of nitrogens with two attached hydrogens (primary N) is 1. The van der Waals surface area contributed by atoms with E-state index in [1.54, 1.807) is 0 Å². The Hall–Kier alpha value is -1.35. The van der Waals surface area contributed by atoms with Crippen LogP contribution in [0.3, 0.4) is 0 Å². The van der Waals surface area contributed by atoms with E-state index in [0.717, 1.165) is 24.9 Å². The van der Waals surface area contributed by atoms with Gasteiger partial charge >= 0.3 is 0 Å². The molecule has 2 rings (SSSR count). The summed E-state index contributed by atoms with van der Waals surface area (Å²) in [4.78, 5) is 14.4. The van der Waals surface area contributed by atoms with Crippen LogP contribution < -0.4 is 10.6 Å². The average molecular weight is 246 g/mol. The Balaban J connectivity index is 2.15. The lowest BCUT2D eigenvalue weighted by molar-refractivity contribution is -0.122. The molecule has 0 spiro atoms. The summed E-state index contributed by atoms with van der Waals surface area (Å²) in [5.41, 5.74) is 8.08. The molecule has 1 amide bonds. The molecule has 1 aliphatic rings. The SMILES string of the molecule is CCN(C(=O)C1CCC(N)C1)c1cccc(C)c1. The summed E-state index contributed by atoms with van der Waals surface area (Å²) in [7, 11) is 0. The molecule has 2 N–H and O–H groups in total. The Morgan fingerprint density at radius 1 is 1.44 bits per heavy atom. The van der Waals surface area contributed by atoms with E-state index >= 15 is 0 Å². The minimum Gasteiger partial charge on any atom is -0.328 e. The first-order valence-corrected chi connectivity index (χ1v) is 6.75. The van der Waals surface area contributed by atoms with Crippen molar-refractivity contribution in [2.24, 2.45) is 11.7 Å². The van der Waals surface area contributed by atoms with Crippen molar-refractivity contribution in [3.8, 4) is 0 Å². The molecular formula is C15H22N2O. The molecule has 1 aliphatic carbocycles. The highest BCUT2D eigenvalue weighted by atomic mass is 16.2. The van der Waals surface area contributed by atoms with E-state index < -0.39 is 0 Å². The van der Waals surface area contributed by atoms with Crippen LogP contribution in [0.4, 0.5) is 5.69 Å². The van der Waals surface area contributed by atoms with Crippen molar-refractivity contribution >= 4 is 11.6 Å². The predicted molar refractivity (Wildman–Crippen MR) is 74.5 cm³/mol. The van der Waals surface area contributed by atoms with Crippen molar-refractivity contribution in [1.29, 1.82) is 0 Å². The number of carbonyl (C=O) groups is 1. The van der Waals surface area contributed by atoms with Gasteiger partial charge < -0.3 is 10.6 Å². The first kappa shape index (κ1) is 13.1. The van der Waals surface area contributed by atoms with Crippen molar-refractivity contribution in [2.45, 2.75) is 39.2 Å². The van der Waals surface area contributed by atoms with Gasteiger partial charge in [0.15, 0.2) is 0 Å². The molecule has 3 heteroatoms. The summed E-state index contributed by atoms with van der Waals surface area (Å²) in [6.45, 7) is 4.79. The zero-order valence-corrected chi connectivity index (χ0v) is 11.2. The van der Waals surface area contributed by atoms with Crippen LogP contribution in [0.15, 0.2) is 24.3 Å². The minimum absolute atomic E-state index is 0.112. The van der Waals surface area contributed by atoms with E-state index in [0.29, 0.717) is 6.54 Å². The molecule has 2 atom stereocenters. The van der Waals surface area contributed by atoms with Crippen molar-refractivity contribution in [3.63, 3.8) is 0 Å². The van der Waals surface area contributed by atoms with Crippen molar-refractivity contribution in [3.05, 3.63) is 29.8 Å². The first-order valence-electron chi connectivity index (χ1n) is 6.75. The Kier molecular flexibility index (Phi) is 4.02. The van der Waals surface area contributed by atoms with Gasteiger partial charge in [-0.25, -0.2) is 0 Å². The Morgan fingerprint density at radius 2 is 2.22 bits per heavy atom. The lowest BCUT2D eigenvalue weighted by Crippen LogP contribution is -2.35. The molecule has 1 fully saturated rings. The van der Waals surface area contributed by atoms with E-state index in [2.05, 4.69) is 6.07 Å². The summed E-state index contributed by atoms with van der Waals surface area (Å²) < 4.78 is 0. The third-order valence-corrected chi connectivity index (χ3v) is 3.72. The largest absolute Gasteiger partial charge is 0.328 e. The van der Waals surface area contributed by atoms with Gasteiger partial charge in [0.05, 0.1) is 0 Å². The van der Waals surface area contributed by atoms with E-state index in [9.17, 15) is 4.79 Å². The highest BCUT2D eigenvalue weighted by Crippen LogP contribution is 2.28. The van der Waals surface area contributed by atoms with Crippen molar-refractivity contribution in [1.82, 2.24) is 0 Å². The number of rotatable bonds is 3. The third-order valence-electron chi connectivity index (χ3n) is 3.72. The monoisotopic (exact) mass is 246 g/mol. The lowest BCUT2D eigenvalue weighted by Gasteiger charge is -2.24. The molecule has 1 aromatic carbocycles. The first-order chi connectivity index (χ1) is 8.61. The zero-order chi connectivity index (χ0) is 13.1. The maximum absolute atomic E-state index is 12.5. The van der Waals surface area contributed by atoms with Crippen LogP contribution >= 0.6 is 0 Å². The Bertz CT molecular complexity index is 430. The number of aryl methyl sites for hydroxylation is 1. The standard InChI is InChI=1S/C15H22N2O/c1-3-17(14-6-4-5-11(2)9-14)15(18)12-7-8-13(16)10-12/h4-6,9,12-13H,3,7-8,10,16H2,1-2H3. The van der Waals surface area contributed by atoms with E-state index in [1.807, 2.05) is 36.9 Å². The summed E-state index contributed by atoms with van der Waals surface area (Å²) in [5, 5.41) is 0. The van der Waals surface area contributed by atoms with Gasteiger partial charge in [-0.1, -0.05) is 12.1 Å². The van der Waals surface area contributed by atoms with Crippen molar-refractivity contribution in [2.75, 3.05) is 11.4 Å². The fraction of sp³-hybridized carbons (Fsp3) is 0.533. The summed E-state index contributed by atoms with van der Waals surface area (Å²) in [6, 6.07) is 8.32. The zero-order valence-electron chi connectivity index (χ0n) is 11.2. The quantitative estimate of drug-likeness (QED) is 0.890. The van der Waals surface area contributed by atoms with Gasteiger partial charge in [0.25, 0.3) is 0 Å². The van der Waals surface area contributed by atoms with Crippen molar-refractivity contribution < 1.29 is 4.79 Å². The lowest BCUT2D eigenvalue weighted by atomic mass is 10.1. The van der Waals surface area contributed by atoms with E-state index in [-0.39, 0.29) is 17.9 Å². The fourth-order valence-corrected chi connectivity index (χ4v) is 2.72. The molecule has 3 nitrogen and oxygen atoms in total. The molecule has 18 heavy (non-hydrogen) atoms. The van der Waals surface area contributed by atoms with E-state index in [4.69, 9.17) is 5.73 Å². The Morgan fingerprint density at radius 3 is 2.78 bits per heavy atom. The van der Waals surface area contributed by atoms with Crippen LogP contribution in [-0.2, 0) is 4.79 Å². The molecule has 98 valence electrons. The second kappa shape index (κ2) is 5.53. The normalized spacial score (nSPS) is 23.1. The second-order valence-corrected chi connectivity index (χ2v) is 5.19. The molecule has 0 heterocycles. The maximum Gasteiger partial charge on any atom is 0.230 e. The molecule has 1 aromatic rings. The third kappa shape index (κ3) is 2.72. The number of anilines is 1. The summed E-state index contributed by atoms with van der Waals surface area (Å²) >= 11 is 0. The summed E-state index contributed by atoms with van der Waals surface area (Å²) in [5.74, 6) is 0.344. The van der Waals surface area contributed by atoms with Crippen LogP contribution in [0.2, 0.25) is 0 Å². The molecule has 0 aliphatic heterocycles. The molecule has 0 aromatic heterocycles. The van der Waals surface area contributed by atoms with E-state index in [1.165, 1.54) is 5.56 Å². The number of carbonyl (C=O) groups excluding carboxylic acids is 1. The van der Waals surface area contributed by atoms with Gasteiger partial charge in [0.2, 0.25) is 5.91 Å². The Labute approximate surface area is 109 Å². The average Bonchev–Trinajstić information content (AvgIpc) is 2.77. The number of hydrogen-bond acceptors (Lipinski definition) is 2. The molecule has 2 unspecified atom stereocenters. The van der Waals surface area contributed by atoms with Gasteiger partial charge in [0.1, 0.15) is 0 Å². The smallest absolute Gasteiger partial charge is 0.230 e. The number of amides is 1. The van der Waals surface area contributed by atoms with Crippen LogP contribution in [0.25, 0.3) is 0 Å². The van der Waals surface area contributed by atoms with Crippen LogP contribution in [-0.4, -0.2) is 18.5 Å². The topological polar surface area (TPSA) is 46.3 Å². The molecule has 1 saturated carbocycles. The summed E-state index contributed by atoms with van der Waals surface area (Å²) in [6.07, 6.45) is 2.74. The number of nitrogens with zero attached hydrogens (tertiary/aromatic N) is 1. The van der Waals surface area contributed by atoms with Gasteiger partial charge in [-0.2, -0.15) is 0 Å². The maximum atomic E-state index is 12.5. The molecule has 0 saturated heterocycles. The predicted octanol–water partition coefficient (Wildman–Crippen LogP) is 2.48. The van der Waals surface area contributed by atoms with Crippen LogP contribution in [0.1, 0.15) is 31.7 Å². The van der Waals surface area contributed by atoms with Crippen LogP contribution in [0.5, 0.6) is 0 Å². The molecular weight excluding hydrogens is 224 g/mol. The van der Waals surface area contributed by atoms with Gasteiger partial charge in [-0.15, -0.1) is 0 Å². The van der Waals surface area contributed by atoms with Gasteiger partial charge in [0, 0.05) is 24.2 Å². The molecule has 0 radical (unpaired) electrons. The van der Waals surface area contributed by atoms with Gasteiger partial charge in [-0.3, -0.25) is 4.79 Å². The minimum atomic E-state index is 0.112. The second-order valence-electron chi connectivity index (χ2n) is 5.19. The molecule has 0 bridgehead atoms. The number of hydrogen-bond donors (Lipinski definition) is 1. The highest BCUT2D eigenvalue weighted by Gasteiger charge is 2.31.